The van der Waals surface area contributed by atoms with Crippen LogP contribution in [-0.4, -0.2) is 59.0 Å². The molecule has 0 aromatic heterocycles. The van der Waals surface area contributed by atoms with Gasteiger partial charge >= 0.3 is 7.82 Å². The van der Waals surface area contributed by atoms with E-state index in [-0.39, 0.29) is 26.2 Å². The molecular formula is C38H75N2O7P. The van der Waals surface area contributed by atoms with Gasteiger partial charge in [-0.2, -0.15) is 0 Å². The molecule has 284 valence electrons. The van der Waals surface area contributed by atoms with Crippen LogP contribution in [0.4, 0.5) is 0 Å². The first-order chi connectivity index (χ1) is 23.3. The Bertz CT molecular complexity index is 827. The predicted octanol–water partition coefficient (Wildman–Crippen LogP) is 9.19. The lowest BCUT2D eigenvalue weighted by Gasteiger charge is -2.25. The summed E-state index contributed by atoms with van der Waals surface area (Å²) < 4.78 is 22.0. The average molecular weight is 703 g/mol. The summed E-state index contributed by atoms with van der Waals surface area (Å²) in [4.78, 5) is 22.7. The van der Waals surface area contributed by atoms with Gasteiger partial charge in [0, 0.05) is 6.54 Å². The smallest absolute Gasteiger partial charge is 0.393 e. The van der Waals surface area contributed by atoms with Crippen molar-refractivity contribution in [3.63, 3.8) is 0 Å². The second-order valence-electron chi connectivity index (χ2n) is 13.3. The number of carbonyl (C=O) groups excluding carboxylic acids is 1. The summed E-state index contributed by atoms with van der Waals surface area (Å²) >= 11 is 0. The summed E-state index contributed by atoms with van der Waals surface area (Å²) in [6, 6.07) is -0.898. The second-order valence-corrected chi connectivity index (χ2v) is 14.8. The number of rotatable bonds is 36. The van der Waals surface area contributed by atoms with Gasteiger partial charge in [0.2, 0.25) is 5.91 Å². The number of allylic oxidation sites excluding steroid dienone is 4. The van der Waals surface area contributed by atoms with E-state index in [9.17, 15) is 24.5 Å². The number of phosphoric acid groups is 1. The molecule has 9 nitrogen and oxygen atoms in total. The van der Waals surface area contributed by atoms with Crippen LogP contribution in [0.5, 0.6) is 0 Å². The highest BCUT2D eigenvalue weighted by Gasteiger charge is 2.28. The van der Waals surface area contributed by atoms with Crippen LogP contribution in [0.15, 0.2) is 24.3 Å². The fourth-order valence-corrected chi connectivity index (χ4v) is 6.38. The second kappa shape index (κ2) is 34.4. The molecule has 6 N–H and O–H groups in total. The van der Waals surface area contributed by atoms with Gasteiger partial charge in [0.1, 0.15) is 0 Å². The third-order valence-electron chi connectivity index (χ3n) is 8.61. The lowest BCUT2D eigenvalue weighted by molar-refractivity contribution is -0.125. The van der Waals surface area contributed by atoms with Gasteiger partial charge in [0.15, 0.2) is 0 Å². The Morgan fingerprint density at radius 2 is 1.19 bits per heavy atom. The van der Waals surface area contributed by atoms with E-state index in [1.807, 2.05) is 0 Å². The molecule has 0 aromatic carbocycles. The number of carbonyl (C=O) groups is 1. The van der Waals surface area contributed by atoms with E-state index >= 15 is 0 Å². The van der Waals surface area contributed by atoms with Crippen molar-refractivity contribution in [1.29, 1.82) is 0 Å². The number of unbranched alkanes of at least 4 members (excludes halogenated alkanes) is 18. The standard InChI is InChI=1S/C38H75N2O7P/c1-3-5-7-9-11-13-15-16-17-18-20-21-23-25-27-29-35(41)33-38(43)40-36(34-47-48(44,45)46-32-31-39)37(42)30-28-26-24-22-19-14-12-10-8-6-4-2/h11,13,16-17,35-37,41-42H,3-10,12,14-15,18-34,39H2,1-2H3,(H,40,43)(H,44,45)/b13-11-,17-16-. The summed E-state index contributed by atoms with van der Waals surface area (Å²) in [5, 5.41) is 24.0. The molecule has 0 aromatic rings. The Balaban J connectivity index is 4.35. The molecule has 0 aliphatic carbocycles. The molecule has 0 aliphatic heterocycles. The Labute approximate surface area is 294 Å². The quantitative estimate of drug-likeness (QED) is 0.0246. The Hall–Kier alpha value is -1.06. The zero-order valence-electron chi connectivity index (χ0n) is 30.8. The van der Waals surface area contributed by atoms with Crippen molar-refractivity contribution in [2.45, 2.75) is 193 Å². The molecule has 1 amide bonds. The molecule has 48 heavy (non-hydrogen) atoms. The van der Waals surface area contributed by atoms with Crippen LogP contribution in [0.25, 0.3) is 0 Å². The number of hydrogen-bond donors (Lipinski definition) is 5. The number of aliphatic hydroxyl groups is 2. The van der Waals surface area contributed by atoms with Gasteiger partial charge < -0.3 is 26.2 Å². The van der Waals surface area contributed by atoms with Crippen LogP contribution < -0.4 is 11.1 Å². The van der Waals surface area contributed by atoms with Crippen molar-refractivity contribution >= 4 is 13.7 Å². The van der Waals surface area contributed by atoms with Gasteiger partial charge in [0.05, 0.1) is 37.9 Å². The first-order valence-electron chi connectivity index (χ1n) is 19.5. The Morgan fingerprint density at radius 3 is 1.75 bits per heavy atom. The number of nitrogens with two attached hydrogens (primary N) is 1. The van der Waals surface area contributed by atoms with Gasteiger partial charge in [-0.15, -0.1) is 0 Å². The van der Waals surface area contributed by atoms with Crippen LogP contribution >= 0.6 is 7.82 Å². The number of aliphatic hydroxyl groups excluding tert-OH is 2. The Kier molecular flexibility index (Phi) is 33.6. The van der Waals surface area contributed by atoms with Crippen molar-refractivity contribution < 1.29 is 33.5 Å². The topological polar surface area (TPSA) is 151 Å². The highest BCUT2D eigenvalue weighted by molar-refractivity contribution is 7.47. The molecule has 0 saturated heterocycles. The minimum absolute atomic E-state index is 0.0577. The lowest BCUT2D eigenvalue weighted by Crippen LogP contribution is -2.47. The largest absolute Gasteiger partial charge is 0.472 e. The van der Waals surface area contributed by atoms with Crippen LogP contribution in [0.3, 0.4) is 0 Å². The molecule has 0 spiro atoms. The molecule has 0 rings (SSSR count). The van der Waals surface area contributed by atoms with Gasteiger partial charge in [-0.25, -0.2) is 4.57 Å². The fraction of sp³-hybridized carbons (Fsp3) is 0.868. The maximum Gasteiger partial charge on any atom is 0.472 e. The first kappa shape index (κ1) is 46.9. The predicted molar refractivity (Wildman–Crippen MR) is 200 cm³/mol. The molecule has 0 aliphatic rings. The molecule has 4 unspecified atom stereocenters. The molecule has 0 heterocycles. The summed E-state index contributed by atoms with van der Waals surface area (Å²) in [6.07, 6.45) is 33.6. The van der Waals surface area contributed by atoms with E-state index in [2.05, 4.69) is 43.5 Å². The molecule has 0 saturated carbocycles. The molecular weight excluding hydrogens is 627 g/mol. The Morgan fingerprint density at radius 1 is 0.708 bits per heavy atom. The third kappa shape index (κ3) is 32.2. The van der Waals surface area contributed by atoms with Crippen LogP contribution in [0.2, 0.25) is 0 Å². The van der Waals surface area contributed by atoms with Gasteiger partial charge in [-0.3, -0.25) is 13.8 Å². The zero-order valence-corrected chi connectivity index (χ0v) is 31.7. The number of nitrogens with one attached hydrogen (secondary N) is 1. The summed E-state index contributed by atoms with van der Waals surface area (Å²) in [5.74, 6) is -0.424. The highest BCUT2D eigenvalue weighted by Crippen LogP contribution is 2.43. The van der Waals surface area contributed by atoms with Crippen molar-refractivity contribution in [3.05, 3.63) is 24.3 Å². The van der Waals surface area contributed by atoms with E-state index < -0.39 is 32.0 Å². The van der Waals surface area contributed by atoms with Crippen molar-refractivity contribution in [2.24, 2.45) is 5.73 Å². The van der Waals surface area contributed by atoms with Gasteiger partial charge in [0.25, 0.3) is 0 Å². The van der Waals surface area contributed by atoms with Crippen LogP contribution in [0.1, 0.15) is 174 Å². The minimum Gasteiger partial charge on any atom is -0.393 e. The highest BCUT2D eigenvalue weighted by atomic mass is 31.2. The molecule has 10 heteroatoms. The molecule has 0 fully saturated rings. The number of hydrogen-bond acceptors (Lipinski definition) is 7. The zero-order chi connectivity index (χ0) is 35.6. The number of phosphoric ester groups is 1. The average Bonchev–Trinajstić information content (AvgIpc) is 3.06. The van der Waals surface area contributed by atoms with E-state index in [1.54, 1.807) is 0 Å². The normalized spacial score (nSPS) is 15.2. The third-order valence-corrected chi connectivity index (χ3v) is 9.60. The maximum atomic E-state index is 12.8. The maximum absolute atomic E-state index is 12.8. The first-order valence-corrected chi connectivity index (χ1v) is 21.0. The fourth-order valence-electron chi connectivity index (χ4n) is 5.62. The SMILES string of the molecule is CCCCC/C=C\C/C=C\CCCCCCCC(O)CC(=O)NC(COP(=O)(O)OCCN)C(O)CCCCCCCCCCCCC. The molecule has 0 bridgehead atoms. The van der Waals surface area contributed by atoms with E-state index in [4.69, 9.17) is 14.8 Å². The number of amides is 1. The van der Waals surface area contributed by atoms with Gasteiger partial charge in [-0.1, -0.05) is 147 Å². The van der Waals surface area contributed by atoms with Crippen molar-refractivity contribution in [2.75, 3.05) is 19.8 Å². The monoisotopic (exact) mass is 703 g/mol. The van der Waals surface area contributed by atoms with E-state index in [1.165, 1.54) is 77.0 Å². The molecule has 4 atom stereocenters. The summed E-state index contributed by atoms with van der Waals surface area (Å²) in [5.41, 5.74) is 5.35. The summed E-state index contributed by atoms with van der Waals surface area (Å²) in [7, 11) is -4.37. The van der Waals surface area contributed by atoms with Crippen LogP contribution in [0, 0.1) is 0 Å². The van der Waals surface area contributed by atoms with Crippen molar-refractivity contribution in [3.8, 4) is 0 Å². The van der Waals surface area contributed by atoms with Gasteiger partial charge in [-0.05, 0) is 44.9 Å². The lowest BCUT2D eigenvalue weighted by atomic mass is 10.0. The minimum atomic E-state index is -4.37. The van der Waals surface area contributed by atoms with Crippen LogP contribution in [-0.2, 0) is 18.4 Å². The summed E-state index contributed by atoms with van der Waals surface area (Å²) in [6.45, 7) is 3.98. The van der Waals surface area contributed by atoms with E-state index in [0.29, 0.717) is 12.8 Å². The molecule has 0 radical (unpaired) electrons. The van der Waals surface area contributed by atoms with Crippen molar-refractivity contribution in [1.82, 2.24) is 5.32 Å². The van der Waals surface area contributed by atoms with E-state index in [0.717, 1.165) is 64.2 Å².